The molecule has 134 valence electrons. The summed E-state index contributed by atoms with van der Waals surface area (Å²) in [6.07, 6.45) is -1.83. The van der Waals surface area contributed by atoms with Crippen molar-refractivity contribution in [3.05, 3.63) is 53.2 Å². The number of halogens is 3. The number of nitrogens with zero attached hydrogens (tertiary/aromatic N) is 1. The van der Waals surface area contributed by atoms with Crippen molar-refractivity contribution in [1.82, 2.24) is 4.98 Å². The van der Waals surface area contributed by atoms with Crippen LogP contribution in [0.15, 0.2) is 36.4 Å². The summed E-state index contributed by atoms with van der Waals surface area (Å²) in [5.74, 6) is 0.339. The summed E-state index contributed by atoms with van der Waals surface area (Å²) in [6.45, 7) is 1.94. The number of aryl methyl sites for hydroxylation is 2. The van der Waals surface area contributed by atoms with Crippen LogP contribution in [-0.4, -0.2) is 10.8 Å². The Morgan fingerprint density at radius 2 is 1.85 bits per heavy atom. The molecule has 2 aromatic carbocycles. The number of aromatic nitrogens is 1. The normalized spacial score (nSPS) is 14.9. The molecule has 0 spiro atoms. The smallest absolute Gasteiger partial charge is 0.299 e. The summed E-state index contributed by atoms with van der Waals surface area (Å²) in [7, 11) is 0. The van der Waals surface area contributed by atoms with Crippen LogP contribution in [-0.2, 0) is 17.4 Å². The summed E-state index contributed by atoms with van der Waals surface area (Å²) >= 11 is 0. The molecule has 5 heteroatoms. The van der Waals surface area contributed by atoms with E-state index in [2.05, 4.69) is 4.98 Å². The highest BCUT2D eigenvalue weighted by Crippen LogP contribution is 2.36. The maximum Gasteiger partial charge on any atom is 0.416 e. The van der Waals surface area contributed by atoms with Gasteiger partial charge in [-0.05, 0) is 55.8 Å². The number of rotatable bonds is 4. The van der Waals surface area contributed by atoms with E-state index >= 15 is 0 Å². The van der Waals surface area contributed by atoms with E-state index in [0.29, 0.717) is 23.9 Å². The molecule has 1 aliphatic carbocycles. The van der Waals surface area contributed by atoms with E-state index in [1.807, 2.05) is 25.1 Å². The van der Waals surface area contributed by atoms with Crippen LogP contribution in [0, 0.1) is 12.8 Å². The molecule has 0 aliphatic heterocycles. The zero-order chi connectivity index (χ0) is 18.5. The Kier molecular flexibility index (Phi) is 3.98. The van der Waals surface area contributed by atoms with Gasteiger partial charge in [-0.15, -0.1) is 0 Å². The first-order valence-corrected chi connectivity index (χ1v) is 8.76. The predicted molar refractivity (Wildman–Crippen MR) is 95.0 cm³/mol. The number of carbonyl (C=O) groups excluding carboxylic acids is 1. The molecule has 4 rings (SSSR count). The van der Waals surface area contributed by atoms with Crippen molar-refractivity contribution in [1.29, 1.82) is 0 Å². The van der Waals surface area contributed by atoms with Crippen molar-refractivity contribution < 1.29 is 18.0 Å². The van der Waals surface area contributed by atoms with Gasteiger partial charge >= 0.3 is 6.18 Å². The number of carbonyl (C=O) groups is 1. The van der Waals surface area contributed by atoms with Gasteiger partial charge in [0, 0.05) is 28.8 Å². The topological polar surface area (TPSA) is 30.0 Å². The Labute approximate surface area is 149 Å². The molecule has 1 aliphatic rings. The molecular formula is C21H18F3NO. The SMILES string of the molecule is Cc1ccc2nc(CCC(=O)C3CC3)c3cc(C(F)(F)F)ccc3c2c1. The summed E-state index contributed by atoms with van der Waals surface area (Å²) in [4.78, 5) is 16.6. The number of ketones is 1. The van der Waals surface area contributed by atoms with Gasteiger partial charge in [0.05, 0.1) is 11.1 Å². The van der Waals surface area contributed by atoms with Crippen LogP contribution >= 0.6 is 0 Å². The zero-order valence-corrected chi connectivity index (χ0v) is 14.4. The Balaban J connectivity index is 1.87. The maximum absolute atomic E-state index is 13.2. The van der Waals surface area contributed by atoms with E-state index in [-0.39, 0.29) is 11.7 Å². The molecule has 0 bridgehead atoms. The minimum atomic E-state index is -4.41. The fraction of sp³-hybridized carbons (Fsp3) is 0.333. The lowest BCUT2D eigenvalue weighted by atomic mass is 9.97. The molecular weight excluding hydrogens is 339 g/mol. The number of fused-ring (bicyclic) bond motifs is 3. The van der Waals surface area contributed by atoms with Crippen molar-refractivity contribution in [3.63, 3.8) is 0 Å². The van der Waals surface area contributed by atoms with Gasteiger partial charge in [-0.25, -0.2) is 0 Å². The second kappa shape index (κ2) is 6.08. The van der Waals surface area contributed by atoms with E-state index in [1.165, 1.54) is 12.1 Å². The van der Waals surface area contributed by atoms with Crippen LogP contribution in [0.5, 0.6) is 0 Å². The lowest BCUT2D eigenvalue weighted by Crippen LogP contribution is -2.07. The van der Waals surface area contributed by atoms with E-state index in [0.717, 1.165) is 40.8 Å². The van der Waals surface area contributed by atoms with Crippen LogP contribution in [0.1, 0.15) is 36.1 Å². The Hall–Kier alpha value is -2.43. The monoisotopic (exact) mass is 357 g/mol. The lowest BCUT2D eigenvalue weighted by molar-refractivity contribution is -0.137. The fourth-order valence-corrected chi connectivity index (χ4v) is 3.40. The quantitative estimate of drug-likeness (QED) is 0.567. The minimum absolute atomic E-state index is 0.148. The standard InChI is InChI=1S/C21H18F3NO/c1-12-2-7-18-16(10-12)15-6-5-14(21(22,23)24)11-17(15)19(25-18)8-9-20(26)13-3-4-13/h2,5-7,10-11,13H,3-4,8-9H2,1H3. The van der Waals surface area contributed by atoms with Gasteiger partial charge in [0.1, 0.15) is 5.78 Å². The first-order valence-electron chi connectivity index (χ1n) is 8.76. The molecule has 0 amide bonds. The highest BCUT2D eigenvalue weighted by molar-refractivity contribution is 6.07. The molecule has 0 radical (unpaired) electrons. The summed E-state index contributed by atoms with van der Waals surface area (Å²) < 4.78 is 39.5. The van der Waals surface area contributed by atoms with Crippen LogP contribution in [0.25, 0.3) is 21.7 Å². The van der Waals surface area contributed by atoms with E-state index in [1.54, 1.807) is 0 Å². The van der Waals surface area contributed by atoms with Crippen molar-refractivity contribution >= 4 is 27.5 Å². The molecule has 2 nitrogen and oxygen atoms in total. The Bertz CT molecular complexity index is 1020. The van der Waals surface area contributed by atoms with Crippen molar-refractivity contribution in [3.8, 4) is 0 Å². The highest BCUT2D eigenvalue weighted by Gasteiger charge is 2.31. The van der Waals surface area contributed by atoms with Crippen LogP contribution in [0.2, 0.25) is 0 Å². The van der Waals surface area contributed by atoms with E-state index in [9.17, 15) is 18.0 Å². The summed E-state index contributed by atoms with van der Waals surface area (Å²) in [6, 6.07) is 9.56. The molecule has 1 saturated carbocycles. The lowest BCUT2D eigenvalue weighted by Gasteiger charge is -2.13. The molecule has 3 aromatic rings. The molecule has 1 heterocycles. The maximum atomic E-state index is 13.2. The van der Waals surface area contributed by atoms with Crippen LogP contribution in [0.3, 0.4) is 0 Å². The molecule has 26 heavy (non-hydrogen) atoms. The number of benzene rings is 2. The van der Waals surface area contributed by atoms with Gasteiger partial charge < -0.3 is 0 Å². The predicted octanol–water partition coefficient (Wildman–Crippen LogP) is 5.63. The van der Waals surface area contributed by atoms with Crippen LogP contribution in [0.4, 0.5) is 13.2 Å². The minimum Gasteiger partial charge on any atom is -0.299 e. The van der Waals surface area contributed by atoms with Gasteiger partial charge in [-0.3, -0.25) is 9.78 Å². The van der Waals surface area contributed by atoms with Gasteiger partial charge in [-0.1, -0.05) is 17.7 Å². The van der Waals surface area contributed by atoms with Gasteiger partial charge in [-0.2, -0.15) is 13.2 Å². The average molecular weight is 357 g/mol. The number of Topliss-reactive ketones (excluding diaryl/α,β-unsaturated/α-hetero) is 1. The first-order chi connectivity index (χ1) is 12.3. The Morgan fingerprint density at radius 1 is 1.08 bits per heavy atom. The van der Waals surface area contributed by atoms with Gasteiger partial charge in [0.2, 0.25) is 0 Å². The first kappa shape index (κ1) is 17.0. The van der Waals surface area contributed by atoms with Crippen molar-refractivity contribution in [2.75, 3.05) is 0 Å². The number of pyridine rings is 1. The summed E-state index contributed by atoms with van der Waals surface area (Å²) in [5.41, 5.74) is 1.65. The second-order valence-corrected chi connectivity index (χ2v) is 7.08. The highest BCUT2D eigenvalue weighted by atomic mass is 19.4. The zero-order valence-electron chi connectivity index (χ0n) is 14.4. The average Bonchev–Trinajstić information content (AvgIpc) is 3.43. The Morgan fingerprint density at radius 3 is 2.54 bits per heavy atom. The third kappa shape index (κ3) is 3.18. The third-order valence-corrected chi connectivity index (χ3v) is 5.00. The van der Waals surface area contributed by atoms with Gasteiger partial charge in [0.25, 0.3) is 0 Å². The van der Waals surface area contributed by atoms with E-state index in [4.69, 9.17) is 0 Å². The third-order valence-electron chi connectivity index (χ3n) is 5.00. The summed E-state index contributed by atoms with van der Waals surface area (Å²) in [5, 5.41) is 2.08. The van der Waals surface area contributed by atoms with Gasteiger partial charge in [0.15, 0.2) is 0 Å². The molecule has 1 fully saturated rings. The second-order valence-electron chi connectivity index (χ2n) is 7.08. The van der Waals surface area contributed by atoms with Crippen molar-refractivity contribution in [2.24, 2.45) is 5.92 Å². The fourth-order valence-electron chi connectivity index (χ4n) is 3.40. The van der Waals surface area contributed by atoms with Crippen molar-refractivity contribution in [2.45, 2.75) is 38.8 Å². The molecule has 1 aromatic heterocycles. The molecule has 0 saturated heterocycles. The van der Waals surface area contributed by atoms with E-state index < -0.39 is 11.7 Å². The molecule has 0 N–H and O–H groups in total. The number of alkyl halides is 3. The largest absolute Gasteiger partial charge is 0.416 e. The molecule has 0 unspecified atom stereocenters. The molecule has 0 atom stereocenters. The number of hydrogen-bond donors (Lipinski definition) is 0. The van der Waals surface area contributed by atoms with Crippen LogP contribution < -0.4 is 0 Å². The number of hydrogen-bond acceptors (Lipinski definition) is 2.